The van der Waals surface area contributed by atoms with Crippen molar-refractivity contribution < 1.29 is 50.2 Å². The fourth-order valence-electron chi connectivity index (χ4n) is 7.10. The monoisotopic (exact) mass is 759 g/mol. The number of hydrogen-bond donors (Lipinski definition) is 2. The number of pyridine rings is 1. The van der Waals surface area contributed by atoms with Gasteiger partial charge in [0, 0.05) is 61.4 Å². The summed E-state index contributed by atoms with van der Waals surface area (Å²) in [5, 5.41) is 12.3. The van der Waals surface area contributed by atoms with Gasteiger partial charge in [-0.2, -0.15) is 13.2 Å². The molecule has 1 amide bonds. The molecule has 286 valence electrons. The molecule has 2 N–H and O–H groups in total. The molecule has 1 aromatic heterocycles. The van der Waals surface area contributed by atoms with Crippen molar-refractivity contribution in [3.63, 3.8) is 0 Å². The zero-order valence-electron chi connectivity index (χ0n) is 29.2. The second-order valence-electron chi connectivity index (χ2n) is 13.8. The zero-order valence-corrected chi connectivity index (χ0v) is 29.2. The van der Waals surface area contributed by atoms with Crippen LogP contribution in [0, 0.1) is 25.5 Å². The summed E-state index contributed by atoms with van der Waals surface area (Å²) < 4.78 is 109. The molecular weight excluding hydrogens is 723 g/mol. The van der Waals surface area contributed by atoms with Crippen molar-refractivity contribution in [1.82, 2.24) is 14.8 Å². The number of carbonyl (C=O) groups is 2. The Bertz CT molecular complexity index is 2160. The fourth-order valence-corrected chi connectivity index (χ4v) is 7.10. The van der Waals surface area contributed by atoms with E-state index in [0.717, 1.165) is 17.8 Å². The summed E-state index contributed by atoms with van der Waals surface area (Å²) in [5.41, 5.74) is -1.68. The molecule has 1 saturated heterocycles. The minimum atomic E-state index is -5.03. The standard InChI is InChI=1S/C39H36F7N3O5/c1-21-4-3-5-31-34(21)25-14-22(2)35(41)27(16-25)30(18-33(51)52)47-37(53)36(26-15-23(20-54-31)6-7-29(26)40)49-19-24(28(17-32(49)50)39(44,45)46)8-11-48-12-9-38(42,43)10-13-48/h3-7,14-17,19,30,36H,8-13,18,20H2,1-2H3,(H,47,53)(H,51,52)/t30-,36-/m1/s1. The van der Waals surface area contributed by atoms with Gasteiger partial charge in [-0.05, 0) is 78.4 Å². The van der Waals surface area contributed by atoms with Crippen molar-refractivity contribution >= 4 is 11.9 Å². The summed E-state index contributed by atoms with van der Waals surface area (Å²) in [6.45, 7) is 2.81. The topological polar surface area (TPSA) is 101 Å². The van der Waals surface area contributed by atoms with E-state index < -0.39 is 89.2 Å². The highest BCUT2D eigenvalue weighted by Gasteiger charge is 2.38. The van der Waals surface area contributed by atoms with Crippen molar-refractivity contribution in [2.45, 2.75) is 70.3 Å². The highest BCUT2D eigenvalue weighted by molar-refractivity contribution is 5.85. The van der Waals surface area contributed by atoms with E-state index in [1.54, 1.807) is 30.0 Å². The number of alkyl halides is 5. The number of likely N-dealkylation sites (tertiary alicyclic amines) is 1. The maximum absolute atomic E-state index is 16.0. The molecule has 2 aliphatic rings. The number of nitrogens with zero attached hydrogens (tertiary/aromatic N) is 2. The van der Waals surface area contributed by atoms with Gasteiger partial charge in [0.2, 0.25) is 5.91 Å². The van der Waals surface area contributed by atoms with Crippen molar-refractivity contribution in [2.24, 2.45) is 0 Å². The van der Waals surface area contributed by atoms with Gasteiger partial charge in [-0.25, -0.2) is 17.6 Å². The lowest BCUT2D eigenvalue weighted by Crippen LogP contribution is -2.42. The molecule has 3 aromatic carbocycles. The molecule has 15 heteroatoms. The number of rotatable bonds is 6. The van der Waals surface area contributed by atoms with Gasteiger partial charge in [0.25, 0.3) is 11.5 Å². The molecule has 3 heterocycles. The maximum Gasteiger partial charge on any atom is 0.416 e. The summed E-state index contributed by atoms with van der Waals surface area (Å²) in [6, 6.07) is 8.33. The number of benzene rings is 3. The predicted octanol–water partition coefficient (Wildman–Crippen LogP) is 7.52. The van der Waals surface area contributed by atoms with Gasteiger partial charge < -0.3 is 20.1 Å². The van der Waals surface area contributed by atoms with E-state index in [0.29, 0.717) is 27.0 Å². The molecule has 0 unspecified atom stereocenters. The molecule has 8 nitrogen and oxygen atoms in total. The molecule has 0 radical (unpaired) electrons. The average Bonchev–Trinajstić information content (AvgIpc) is 3.09. The van der Waals surface area contributed by atoms with E-state index >= 15 is 8.78 Å². The van der Waals surface area contributed by atoms with Crippen LogP contribution in [0.3, 0.4) is 0 Å². The van der Waals surface area contributed by atoms with E-state index in [9.17, 15) is 41.4 Å². The van der Waals surface area contributed by atoms with Crippen LogP contribution < -0.4 is 15.6 Å². The van der Waals surface area contributed by atoms with Gasteiger partial charge in [-0.3, -0.25) is 19.0 Å². The fraction of sp³-hybridized carbons (Fsp3) is 0.359. The smallest absolute Gasteiger partial charge is 0.416 e. The molecule has 2 atom stereocenters. The van der Waals surface area contributed by atoms with Crippen molar-refractivity contribution in [3.05, 3.63) is 122 Å². The lowest BCUT2D eigenvalue weighted by Gasteiger charge is -2.32. The number of halogens is 7. The van der Waals surface area contributed by atoms with E-state index in [-0.39, 0.29) is 49.9 Å². The largest absolute Gasteiger partial charge is 0.488 e. The van der Waals surface area contributed by atoms with Gasteiger partial charge in [0.05, 0.1) is 18.0 Å². The number of aromatic nitrogens is 1. The molecule has 4 bridgehead atoms. The number of hydrogen-bond acceptors (Lipinski definition) is 5. The van der Waals surface area contributed by atoms with Crippen LogP contribution in [0.1, 0.15) is 70.3 Å². The molecule has 4 aromatic rings. The number of carboxylic acid groups (broad SMARTS) is 1. The number of ether oxygens (including phenoxy) is 1. The van der Waals surface area contributed by atoms with Crippen LogP contribution >= 0.6 is 0 Å². The first kappa shape index (κ1) is 38.5. The SMILES string of the molecule is Cc1cc2cc(c1F)[C@@H](CC(=O)O)NC(=O)[C@H](n1cc(CCN3CCC(F)(F)CC3)c(C(F)(F)F)cc1=O)c1cc(ccc1F)COc1cccc(C)c1-2. The van der Waals surface area contributed by atoms with Gasteiger partial charge in [-0.1, -0.05) is 18.2 Å². The lowest BCUT2D eigenvalue weighted by molar-refractivity contribution is -0.139. The van der Waals surface area contributed by atoms with Gasteiger partial charge in [0.1, 0.15) is 30.0 Å². The highest BCUT2D eigenvalue weighted by atomic mass is 19.4. The zero-order chi connectivity index (χ0) is 39.1. The van der Waals surface area contributed by atoms with E-state index in [1.807, 2.05) is 0 Å². The molecule has 1 fully saturated rings. The van der Waals surface area contributed by atoms with Gasteiger partial charge >= 0.3 is 12.1 Å². The summed E-state index contributed by atoms with van der Waals surface area (Å²) in [4.78, 5) is 41.7. The van der Waals surface area contributed by atoms with Crippen LogP contribution in [0.5, 0.6) is 5.75 Å². The predicted molar refractivity (Wildman–Crippen MR) is 183 cm³/mol. The van der Waals surface area contributed by atoms with E-state index in [1.165, 1.54) is 31.2 Å². The quantitative estimate of drug-likeness (QED) is 0.198. The van der Waals surface area contributed by atoms with Crippen LogP contribution in [-0.2, 0) is 28.8 Å². The molecule has 54 heavy (non-hydrogen) atoms. The second kappa shape index (κ2) is 14.9. The Morgan fingerprint density at radius 2 is 1.70 bits per heavy atom. The first-order chi connectivity index (χ1) is 25.4. The number of piperidine rings is 1. The van der Waals surface area contributed by atoms with Gasteiger partial charge in [-0.15, -0.1) is 0 Å². The first-order valence-corrected chi connectivity index (χ1v) is 17.2. The van der Waals surface area contributed by atoms with Crippen LogP contribution in [0.15, 0.2) is 65.6 Å². The normalized spacial score (nSPS) is 18.9. The van der Waals surface area contributed by atoms with E-state index in [4.69, 9.17) is 4.74 Å². The molecule has 6 rings (SSSR count). The summed E-state index contributed by atoms with van der Waals surface area (Å²) in [5.74, 6) is -7.07. The summed E-state index contributed by atoms with van der Waals surface area (Å²) in [6.07, 6.45) is -6.44. The Morgan fingerprint density at radius 3 is 2.39 bits per heavy atom. The average molecular weight is 760 g/mol. The maximum atomic E-state index is 16.0. The van der Waals surface area contributed by atoms with Crippen molar-refractivity contribution in [1.29, 1.82) is 0 Å². The molecule has 2 aliphatic heterocycles. The number of nitrogens with one attached hydrogen (secondary N) is 1. The summed E-state index contributed by atoms with van der Waals surface area (Å²) in [7, 11) is 0. The van der Waals surface area contributed by atoms with Crippen molar-refractivity contribution in [3.8, 4) is 16.9 Å². The third kappa shape index (κ3) is 8.15. The third-order valence-corrected chi connectivity index (χ3v) is 9.91. The minimum Gasteiger partial charge on any atom is -0.488 e. The van der Waals surface area contributed by atoms with Crippen LogP contribution in [0.4, 0.5) is 30.7 Å². The minimum absolute atomic E-state index is 0.0780. The third-order valence-electron chi connectivity index (χ3n) is 9.91. The van der Waals surface area contributed by atoms with Crippen LogP contribution in [-0.4, -0.2) is 52.0 Å². The first-order valence-electron chi connectivity index (χ1n) is 17.2. The second-order valence-corrected chi connectivity index (χ2v) is 13.8. The number of carbonyl (C=O) groups excluding carboxylic acids is 1. The van der Waals surface area contributed by atoms with Gasteiger partial charge in [0.15, 0.2) is 0 Å². The number of aliphatic carboxylic acids is 1. The van der Waals surface area contributed by atoms with Crippen molar-refractivity contribution in [2.75, 3.05) is 19.6 Å². The lowest BCUT2D eigenvalue weighted by atomic mass is 9.91. The van der Waals surface area contributed by atoms with Crippen LogP contribution in [0.2, 0.25) is 0 Å². The number of aryl methyl sites for hydroxylation is 2. The number of fused-ring (bicyclic) bond motifs is 6. The Balaban J connectivity index is 1.52. The van der Waals surface area contributed by atoms with Crippen LogP contribution in [0.25, 0.3) is 11.1 Å². The number of carboxylic acids is 1. The Hall–Kier alpha value is -5.18. The molecular formula is C39H36F7N3O5. The Labute approximate surface area is 305 Å². The Morgan fingerprint density at radius 1 is 0.981 bits per heavy atom. The molecule has 0 spiro atoms. The number of amides is 1. The molecule has 0 saturated carbocycles. The Kier molecular flexibility index (Phi) is 10.6. The van der Waals surface area contributed by atoms with E-state index in [2.05, 4.69) is 5.32 Å². The summed E-state index contributed by atoms with van der Waals surface area (Å²) >= 11 is 0. The molecule has 0 aliphatic carbocycles. The highest BCUT2D eigenvalue weighted by Crippen LogP contribution is 2.39.